The summed E-state index contributed by atoms with van der Waals surface area (Å²) in [5, 5.41) is 10.1. The molecular weight excluding hydrogens is 212 g/mol. The van der Waals surface area contributed by atoms with Gasteiger partial charge in [-0.25, -0.2) is 0 Å². The van der Waals surface area contributed by atoms with Crippen molar-refractivity contribution in [1.29, 1.82) is 0 Å². The molecule has 2 rings (SSSR count). The van der Waals surface area contributed by atoms with E-state index in [1.54, 1.807) is 0 Å². The molecule has 2 aliphatic rings. The van der Waals surface area contributed by atoms with Crippen LogP contribution in [0.25, 0.3) is 0 Å². The van der Waals surface area contributed by atoms with Gasteiger partial charge in [-0.1, -0.05) is 38.8 Å². The van der Waals surface area contributed by atoms with Crippen LogP contribution in [0.5, 0.6) is 0 Å². The summed E-state index contributed by atoms with van der Waals surface area (Å²) in [6.07, 6.45) is 3.40. The highest BCUT2D eigenvalue weighted by Crippen LogP contribution is 2.54. The SMILES string of the molecule is C=C(C)[C@H]1C[C@@]2(C)C(CCC[C@@H]2C)C(=O)[C@@H]1O. The third-order valence-corrected chi connectivity index (χ3v) is 5.36. The molecule has 2 nitrogen and oxygen atoms in total. The minimum absolute atomic E-state index is 0.0377. The van der Waals surface area contributed by atoms with Gasteiger partial charge in [-0.3, -0.25) is 4.79 Å². The molecule has 0 spiro atoms. The van der Waals surface area contributed by atoms with Crippen LogP contribution < -0.4 is 0 Å². The van der Waals surface area contributed by atoms with Crippen molar-refractivity contribution >= 4 is 5.78 Å². The van der Waals surface area contributed by atoms with E-state index in [0.717, 1.165) is 24.8 Å². The fourth-order valence-corrected chi connectivity index (χ4v) is 3.88. The van der Waals surface area contributed by atoms with Crippen LogP contribution >= 0.6 is 0 Å². The van der Waals surface area contributed by atoms with E-state index >= 15 is 0 Å². The minimum atomic E-state index is -0.809. The zero-order valence-electron chi connectivity index (χ0n) is 11.2. The number of aliphatic hydroxyl groups excluding tert-OH is 1. The van der Waals surface area contributed by atoms with Gasteiger partial charge in [0, 0.05) is 11.8 Å². The molecule has 0 heterocycles. The van der Waals surface area contributed by atoms with Crippen LogP contribution in [-0.4, -0.2) is 17.0 Å². The molecule has 5 atom stereocenters. The van der Waals surface area contributed by atoms with E-state index in [1.807, 2.05) is 6.92 Å². The lowest BCUT2D eigenvalue weighted by Crippen LogP contribution is -2.53. The minimum Gasteiger partial charge on any atom is -0.385 e. The summed E-state index contributed by atoms with van der Waals surface area (Å²) in [5.74, 6) is 0.666. The Morgan fingerprint density at radius 1 is 1.47 bits per heavy atom. The van der Waals surface area contributed by atoms with Gasteiger partial charge in [-0.05, 0) is 31.1 Å². The molecule has 2 fully saturated rings. The number of hydrogen-bond acceptors (Lipinski definition) is 2. The highest BCUT2D eigenvalue weighted by Gasteiger charge is 2.53. The first kappa shape index (κ1) is 12.8. The first-order valence-electron chi connectivity index (χ1n) is 6.75. The second-order valence-corrected chi connectivity index (χ2v) is 6.39. The van der Waals surface area contributed by atoms with Gasteiger partial charge in [0.1, 0.15) is 6.10 Å². The molecule has 0 saturated heterocycles. The quantitative estimate of drug-likeness (QED) is 0.711. The third-order valence-electron chi connectivity index (χ3n) is 5.36. The van der Waals surface area contributed by atoms with Crippen molar-refractivity contribution in [3.05, 3.63) is 12.2 Å². The summed E-state index contributed by atoms with van der Waals surface area (Å²) < 4.78 is 0. The van der Waals surface area contributed by atoms with E-state index in [0.29, 0.717) is 5.92 Å². The summed E-state index contributed by atoms with van der Waals surface area (Å²) >= 11 is 0. The van der Waals surface area contributed by atoms with Gasteiger partial charge in [-0.15, -0.1) is 0 Å². The van der Waals surface area contributed by atoms with Gasteiger partial charge in [0.25, 0.3) is 0 Å². The zero-order chi connectivity index (χ0) is 12.8. The molecule has 0 bridgehead atoms. The maximum absolute atomic E-state index is 12.3. The molecule has 1 unspecified atom stereocenters. The number of fused-ring (bicyclic) bond motifs is 1. The molecule has 1 N–H and O–H groups in total. The Kier molecular flexibility index (Phi) is 3.19. The Morgan fingerprint density at radius 3 is 2.71 bits per heavy atom. The smallest absolute Gasteiger partial charge is 0.165 e. The molecule has 0 aromatic heterocycles. The van der Waals surface area contributed by atoms with E-state index in [4.69, 9.17) is 0 Å². The van der Waals surface area contributed by atoms with E-state index in [2.05, 4.69) is 20.4 Å². The topological polar surface area (TPSA) is 37.3 Å². The molecule has 96 valence electrons. The average molecular weight is 236 g/mol. The number of Topliss-reactive ketones (excluding diaryl/α,β-unsaturated/α-hetero) is 1. The van der Waals surface area contributed by atoms with Gasteiger partial charge in [0.05, 0.1) is 0 Å². The van der Waals surface area contributed by atoms with Gasteiger partial charge >= 0.3 is 0 Å². The van der Waals surface area contributed by atoms with Crippen molar-refractivity contribution in [3.63, 3.8) is 0 Å². The van der Waals surface area contributed by atoms with Crippen LogP contribution in [0.3, 0.4) is 0 Å². The van der Waals surface area contributed by atoms with Crippen molar-refractivity contribution in [1.82, 2.24) is 0 Å². The van der Waals surface area contributed by atoms with Gasteiger partial charge in [0.2, 0.25) is 0 Å². The number of aliphatic hydroxyl groups is 1. The lowest BCUT2D eigenvalue weighted by Gasteiger charge is -2.52. The van der Waals surface area contributed by atoms with E-state index in [-0.39, 0.29) is 23.0 Å². The standard InChI is InChI=1S/C15H24O2/c1-9(2)11-8-15(4)10(3)6-5-7-12(15)14(17)13(11)16/h10-13,16H,1,5-8H2,2-4H3/t10-,11+,12?,13+,15+/m0/s1. The lowest BCUT2D eigenvalue weighted by atomic mass is 9.52. The number of carbonyl (C=O) groups is 1. The first-order valence-corrected chi connectivity index (χ1v) is 6.75. The number of carbonyl (C=O) groups excluding carboxylic acids is 1. The zero-order valence-corrected chi connectivity index (χ0v) is 11.2. The highest BCUT2D eigenvalue weighted by atomic mass is 16.3. The molecule has 0 amide bonds. The highest BCUT2D eigenvalue weighted by molar-refractivity contribution is 5.87. The molecular formula is C15H24O2. The molecule has 2 saturated carbocycles. The van der Waals surface area contributed by atoms with Gasteiger partial charge < -0.3 is 5.11 Å². The van der Waals surface area contributed by atoms with Crippen LogP contribution in [0.15, 0.2) is 12.2 Å². The van der Waals surface area contributed by atoms with Crippen molar-refractivity contribution in [2.75, 3.05) is 0 Å². The van der Waals surface area contributed by atoms with E-state index < -0.39 is 6.10 Å². The molecule has 2 aliphatic carbocycles. The van der Waals surface area contributed by atoms with Crippen LogP contribution in [-0.2, 0) is 4.79 Å². The summed E-state index contributed by atoms with van der Waals surface area (Å²) in [6, 6.07) is 0. The Labute approximate surface area is 104 Å². The lowest BCUT2D eigenvalue weighted by molar-refractivity contribution is -0.151. The average Bonchev–Trinajstić information content (AvgIpc) is 2.26. The fourth-order valence-electron chi connectivity index (χ4n) is 3.88. The number of rotatable bonds is 1. The monoisotopic (exact) mass is 236 g/mol. The molecule has 0 aromatic rings. The summed E-state index contributed by atoms with van der Waals surface area (Å²) in [7, 11) is 0. The molecule has 17 heavy (non-hydrogen) atoms. The van der Waals surface area contributed by atoms with E-state index in [1.165, 1.54) is 6.42 Å². The largest absolute Gasteiger partial charge is 0.385 e. The Morgan fingerprint density at radius 2 is 2.12 bits per heavy atom. The fraction of sp³-hybridized carbons (Fsp3) is 0.800. The number of hydrogen-bond donors (Lipinski definition) is 1. The van der Waals surface area contributed by atoms with Crippen molar-refractivity contribution in [2.45, 2.75) is 52.6 Å². The Balaban J connectivity index is 2.34. The maximum atomic E-state index is 12.3. The van der Waals surface area contributed by atoms with Crippen molar-refractivity contribution in [2.24, 2.45) is 23.2 Å². The van der Waals surface area contributed by atoms with E-state index in [9.17, 15) is 9.90 Å². The maximum Gasteiger partial charge on any atom is 0.165 e. The first-order chi connectivity index (χ1) is 7.88. The second kappa shape index (κ2) is 4.24. The van der Waals surface area contributed by atoms with Crippen molar-refractivity contribution < 1.29 is 9.90 Å². The predicted molar refractivity (Wildman–Crippen MR) is 68.5 cm³/mol. The van der Waals surface area contributed by atoms with Gasteiger partial charge in [0.15, 0.2) is 5.78 Å². The normalized spacial score (nSPS) is 46.5. The summed E-state index contributed by atoms with van der Waals surface area (Å²) in [5.41, 5.74) is 1.02. The van der Waals surface area contributed by atoms with Gasteiger partial charge in [-0.2, -0.15) is 0 Å². The van der Waals surface area contributed by atoms with Crippen LogP contribution in [0.4, 0.5) is 0 Å². The van der Waals surface area contributed by atoms with Crippen LogP contribution in [0.1, 0.15) is 46.5 Å². The second-order valence-electron chi connectivity index (χ2n) is 6.39. The van der Waals surface area contributed by atoms with Crippen LogP contribution in [0, 0.1) is 23.2 Å². The molecule has 0 radical (unpaired) electrons. The van der Waals surface area contributed by atoms with Crippen molar-refractivity contribution in [3.8, 4) is 0 Å². The molecule has 0 aliphatic heterocycles. The summed E-state index contributed by atoms with van der Waals surface area (Å²) in [6.45, 7) is 10.4. The Hall–Kier alpha value is -0.630. The number of ketones is 1. The van der Waals surface area contributed by atoms with Crippen LogP contribution in [0.2, 0.25) is 0 Å². The molecule has 0 aromatic carbocycles. The molecule has 2 heteroatoms. The predicted octanol–water partition coefficient (Wildman–Crippen LogP) is 2.95. The summed E-state index contributed by atoms with van der Waals surface area (Å²) in [4.78, 5) is 12.3. The Bertz CT molecular complexity index is 347. The third kappa shape index (κ3) is 1.87.